The molecule has 11 heteroatoms. The molecule has 0 radical (unpaired) electrons. The summed E-state index contributed by atoms with van der Waals surface area (Å²) < 4.78 is 57.5. The zero-order chi connectivity index (χ0) is 29.1. The van der Waals surface area contributed by atoms with Gasteiger partial charge in [0.25, 0.3) is 5.91 Å². The number of hydrogen-bond acceptors (Lipinski definition) is 5. The van der Waals surface area contributed by atoms with Crippen molar-refractivity contribution < 1.29 is 31.9 Å². The molecule has 0 aliphatic carbocycles. The maximum absolute atomic E-state index is 13.1. The number of aromatic nitrogens is 2. The van der Waals surface area contributed by atoms with Crippen LogP contribution >= 0.6 is 11.8 Å². The first kappa shape index (κ1) is 28.7. The highest BCUT2D eigenvalue weighted by atomic mass is 32.2. The van der Waals surface area contributed by atoms with Crippen molar-refractivity contribution in [3.8, 4) is 11.5 Å². The molecule has 4 aromatic rings. The van der Waals surface area contributed by atoms with Crippen LogP contribution in [-0.2, 0) is 6.54 Å². The van der Waals surface area contributed by atoms with Gasteiger partial charge < -0.3 is 9.64 Å². The van der Waals surface area contributed by atoms with E-state index in [1.54, 1.807) is 42.2 Å². The smallest absolute Gasteiger partial charge is 0.441 e. The Morgan fingerprint density at radius 2 is 1.68 bits per heavy atom. The fraction of sp³-hybridized carbons (Fsp3) is 0.300. The molecule has 1 amide bonds. The average Bonchev–Trinajstić information content (AvgIpc) is 3.30. The van der Waals surface area contributed by atoms with Crippen LogP contribution in [0.1, 0.15) is 39.1 Å². The van der Waals surface area contributed by atoms with Crippen LogP contribution in [0, 0.1) is 18.7 Å². The molecule has 0 spiro atoms. The maximum atomic E-state index is 13.1. The number of fused-ring (bicyclic) bond motifs is 1. The Bertz CT molecular complexity index is 1550. The number of rotatable bonds is 10. The zero-order valence-corrected chi connectivity index (χ0v) is 23.0. The van der Waals surface area contributed by atoms with Crippen LogP contribution in [0.25, 0.3) is 10.9 Å². The molecule has 41 heavy (non-hydrogen) atoms. The third-order valence-electron chi connectivity index (χ3n) is 6.85. The second-order valence-corrected chi connectivity index (χ2v) is 11.2. The Morgan fingerprint density at radius 1 is 1.02 bits per heavy atom. The third-order valence-corrected chi connectivity index (χ3v) is 7.67. The van der Waals surface area contributed by atoms with E-state index in [0.717, 1.165) is 16.5 Å². The molecule has 5 rings (SSSR count). The Balaban J connectivity index is 1.13. The molecule has 2 heterocycles. The number of carbonyl (C=O) groups excluding carboxylic acids is 2. The first-order valence-electron chi connectivity index (χ1n) is 13.1. The molecule has 1 fully saturated rings. The fourth-order valence-corrected chi connectivity index (χ4v) is 5.30. The molecule has 3 aromatic carbocycles. The number of likely N-dealkylation sites (tertiary alicyclic amines) is 1. The number of carbonyl (C=O) groups is 2. The number of Topliss-reactive ketones (excluding diaryl/α,β-unsaturated/α-hetero) is 1. The van der Waals surface area contributed by atoms with E-state index >= 15 is 0 Å². The molecule has 1 saturated heterocycles. The van der Waals surface area contributed by atoms with Crippen LogP contribution in [0.15, 0.2) is 66.9 Å². The first-order chi connectivity index (χ1) is 19.5. The highest BCUT2D eigenvalue weighted by Gasteiger charge is 2.32. The van der Waals surface area contributed by atoms with Crippen molar-refractivity contribution in [3.05, 3.63) is 89.4 Å². The van der Waals surface area contributed by atoms with Crippen molar-refractivity contribution in [2.24, 2.45) is 5.92 Å². The van der Waals surface area contributed by atoms with Crippen molar-refractivity contribution in [1.29, 1.82) is 0 Å². The minimum absolute atomic E-state index is 0.0551. The molecule has 0 saturated carbocycles. The number of benzene rings is 3. The van der Waals surface area contributed by atoms with Crippen LogP contribution in [-0.4, -0.2) is 50.7 Å². The number of hydrogen-bond donors (Lipinski definition) is 0. The van der Waals surface area contributed by atoms with E-state index in [4.69, 9.17) is 4.74 Å². The van der Waals surface area contributed by atoms with Crippen LogP contribution in [0.2, 0.25) is 0 Å². The Hall–Kier alpha value is -3.86. The number of halogens is 4. The van der Waals surface area contributed by atoms with Crippen molar-refractivity contribution in [1.82, 2.24) is 14.7 Å². The molecule has 0 atom stereocenters. The van der Waals surface area contributed by atoms with Gasteiger partial charge in [-0.3, -0.25) is 14.3 Å². The van der Waals surface area contributed by atoms with Gasteiger partial charge in [0.15, 0.2) is 5.78 Å². The monoisotopic (exact) mass is 585 g/mol. The second kappa shape index (κ2) is 11.9. The SMILES string of the molecule is Cc1cc2nn(CC3CN(C(=O)c4ccc(Oc5ccc(F)cc5)cc4)C3)cc2cc1C(=O)CCCSC(F)(F)F. The summed E-state index contributed by atoms with van der Waals surface area (Å²) in [6.45, 7) is 3.58. The summed E-state index contributed by atoms with van der Waals surface area (Å²) in [5.74, 6) is 0.520. The Labute approximate surface area is 238 Å². The van der Waals surface area contributed by atoms with Crippen molar-refractivity contribution in [2.45, 2.75) is 31.8 Å². The minimum Gasteiger partial charge on any atom is -0.457 e. The molecule has 214 valence electrons. The standard InChI is InChI=1S/C30H27F4N3O3S/c1-19-13-27-22(14-26(19)28(38)3-2-12-41-30(32,33)34)18-37(35-27)17-20-15-36(16-20)29(39)21-4-8-24(9-5-21)40-25-10-6-23(31)7-11-25/h4-11,13-14,18,20H,2-3,12,15-17H2,1H3. The van der Waals surface area contributed by atoms with E-state index in [1.807, 2.05) is 16.9 Å². The predicted octanol–water partition coefficient (Wildman–Crippen LogP) is 7.26. The molecule has 1 aliphatic rings. The van der Waals surface area contributed by atoms with E-state index in [9.17, 15) is 27.2 Å². The third kappa shape index (κ3) is 7.27. The van der Waals surface area contributed by atoms with Gasteiger partial charge >= 0.3 is 5.51 Å². The topological polar surface area (TPSA) is 64.4 Å². The summed E-state index contributed by atoms with van der Waals surface area (Å²) in [6, 6.07) is 16.1. The van der Waals surface area contributed by atoms with Gasteiger partial charge in [-0.05, 0) is 79.6 Å². The maximum Gasteiger partial charge on any atom is 0.441 e. The minimum atomic E-state index is -4.29. The molecule has 0 bridgehead atoms. The summed E-state index contributed by atoms with van der Waals surface area (Å²) in [5, 5.41) is 5.40. The number of alkyl halides is 3. The van der Waals surface area contributed by atoms with Crippen LogP contribution < -0.4 is 4.74 Å². The van der Waals surface area contributed by atoms with E-state index in [-0.39, 0.29) is 53.8 Å². The summed E-state index contributed by atoms with van der Waals surface area (Å²) in [4.78, 5) is 27.3. The fourth-order valence-electron chi connectivity index (χ4n) is 4.78. The van der Waals surface area contributed by atoms with Gasteiger partial charge in [0.05, 0.1) is 5.52 Å². The summed E-state index contributed by atoms with van der Waals surface area (Å²) in [7, 11) is 0. The van der Waals surface area contributed by atoms with Gasteiger partial charge in [0, 0.05) is 60.4 Å². The van der Waals surface area contributed by atoms with E-state index in [1.165, 1.54) is 24.3 Å². The lowest BCUT2D eigenvalue weighted by Gasteiger charge is -2.39. The van der Waals surface area contributed by atoms with Crippen LogP contribution in [0.3, 0.4) is 0 Å². The summed E-state index contributed by atoms with van der Waals surface area (Å²) >= 11 is -0.109. The number of ketones is 1. The highest BCUT2D eigenvalue weighted by Crippen LogP contribution is 2.31. The van der Waals surface area contributed by atoms with Gasteiger partial charge in [0.1, 0.15) is 17.3 Å². The number of aryl methyl sites for hydroxylation is 1. The summed E-state index contributed by atoms with van der Waals surface area (Å²) in [5.41, 5.74) is -1.76. The first-order valence-corrected chi connectivity index (χ1v) is 14.1. The largest absolute Gasteiger partial charge is 0.457 e. The van der Waals surface area contributed by atoms with E-state index in [0.29, 0.717) is 42.3 Å². The molecule has 0 N–H and O–H groups in total. The van der Waals surface area contributed by atoms with Crippen molar-refractivity contribution >= 4 is 34.4 Å². The number of nitrogens with zero attached hydrogens (tertiary/aromatic N) is 3. The van der Waals surface area contributed by atoms with Crippen molar-refractivity contribution in [2.75, 3.05) is 18.8 Å². The Morgan fingerprint density at radius 3 is 2.34 bits per heavy atom. The Kier molecular flexibility index (Phi) is 8.35. The van der Waals surface area contributed by atoms with Gasteiger partial charge in [0.2, 0.25) is 0 Å². The highest BCUT2D eigenvalue weighted by molar-refractivity contribution is 8.00. The quantitative estimate of drug-likeness (QED) is 0.111. The van der Waals surface area contributed by atoms with Crippen molar-refractivity contribution in [3.63, 3.8) is 0 Å². The lowest BCUT2D eigenvalue weighted by molar-refractivity contribution is -0.0328. The molecule has 1 aliphatic heterocycles. The lowest BCUT2D eigenvalue weighted by atomic mass is 9.98. The molecule has 6 nitrogen and oxygen atoms in total. The van der Waals surface area contributed by atoms with Crippen LogP contribution in [0.4, 0.5) is 17.6 Å². The molecular formula is C30H27F4N3O3S. The zero-order valence-electron chi connectivity index (χ0n) is 22.2. The molecular weight excluding hydrogens is 558 g/mol. The molecule has 0 unspecified atom stereocenters. The molecule has 1 aromatic heterocycles. The van der Waals surface area contributed by atoms with Gasteiger partial charge in [-0.15, -0.1) is 0 Å². The lowest BCUT2D eigenvalue weighted by Crippen LogP contribution is -2.51. The number of ether oxygens (including phenoxy) is 1. The van der Waals surface area contributed by atoms with Gasteiger partial charge in [-0.25, -0.2) is 4.39 Å². The summed E-state index contributed by atoms with van der Waals surface area (Å²) in [6.07, 6.45) is 2.07. The average molecular weight is 586 g/mol. The normalized spacial score (nSPS) is 13.8. The van der Waals surface area contributed by atoms with E-state index in [2.05, 4.69) is 5.10 Å². The van der Waals surface area contributed by atoms with E-state index < -0.39 is 5.51 Å². The van der Waals surface area contributed by atoms with Gasteiger partial charge in [-0.1, -0.05) is 11.8 Å². The second-order valence-electron chi connectivity index (χ2n) is 10.1. The van der Waals surface area contributed by atoms with Crippen LogP contribution in [0.5, 0.6) is 11.5 Å². The number of amides is 1. The van der Waals surface area contributed by atoms with Gasteiger partial charge in [-0.2, -0.15) is 18.3 Å². The predicted molar refractivity (Wildman–Crippen MR) is 149 cm³/mol. The number of thioether (sulfide) groups is 1.